The Labute approximate surface area is 300 Å². The van der Waals surface area contributed by atoms with Crippen LogP contribution in [0.25, 0.3) is 0 Å². The van der Waals surface area contributed by atoms with Gasteiger partial charge in [0.05, 0.1) is 43.8 Å². The van der Waals surface area contributed by atoms with Crippen molar-refractivity contribution in [3.63, 3.8) is 0 Å². The number of aromatic hydroxyl groups is 2. The van der Waals surface area contributed by atoms with Crippen LogP contribution >= 0.6 is 0 Å². The van der Waals surface area contributed by atoms with Crippen LogP contribution in [-0.2, 0) is 16.0 Å². The first-order chi connectivity index (χ1) is 24.6. The number of dihydropyridines is 1. The Balaban J connectivity index is 1.37. The van der Waals surface area contributed by atoms with Crippen molar-refractivity contribution >= 4 is 5.97 Å². The number of aliphatic hydroxyl groups excluding tert-OH is 1. The standard InChI is InChI=1S/C39H55N3O9/c1-4-41-30(29(16-25-12-15-42-36(40)18-25)39(38(46)47)13-6-5-7-14-39)23-50-35-20-26(19-34(49-3)37(35)45)32-22-27(43)21-28(51-32)10-8-24-9-11-31(44)33(17-24)48-2/h9,11-12,17-20,27-30,32,41-45H,4-8,10,13-16,21-23,40H2,1-3H3,(H,46,47)/t27-,28-,29-,30+,32-/m0/s1. The van der Waals surface area contributed by atoms with Gasteiger partial charge in [0, 0.05) is 19.0 Å². The highest BCUT2D eigenvalue weighted by Gasteiger charge is 2.49. The maximum Gasteiger partial charge on any atom is 0.309 e. The normalized spacial score (nSPS) is 22.9. The van der Waals surface area contributed by atoms with Crippen LogP contribution in [0.4, 0.5) is 0 Å². The van der Waals surface area contributed by atoms with Crippen molar-refractivity contribution in [2.24, 2.45) is 17.1 Å². The summed E-state index contributed by atoms with van der Waals surface area (Å²) in [6.45, 7) is 3.27. The lowest BCUT2D eigenvalue weighted by Crippen LogP contribution is -2.52. The molecule has 0 spiro atoms. The number of phenolic OH excluding ortho intramolecular Hbond substituents is 2. The molecule has 2 heterocycles. The van der Waals surface area contributed by atoms with E-state index in [0.717, 1.165) is 30.4 Å². The van der Waals surface area contributed by atoms with Crippen LogP contribution in [0.5, 0.6) is 28.7 Å². The van der Waals surface area contributed by atoms with Crippen LogP contribution in [0.3, 0.4) is 0 Å². The summed E-state index contributed by atoms with van der Waals surface area (Å²) >= 11 is 0. The SMILES string of the molecule is CCN[C@H](COc1cc([C@@H]2C[C@@H](O)C[C@H](CCc3ccc(O)c(OC)c3)O2)cc(OC)c1O)[C@H](CC1=CCNC(N)=C1)C1(C(=O)O)CCCCC1. The van der Waals surface area contributed by atoms with Crippen molar-refractivity contribution in [1.82, 2.24) is 10.6 Å². The maximum atomic E-state index is 13.1. The van der Waals surface area contributed by atoms with E-state index in [4.69, 9.17) is 24.7 Å². The minimum absolute atomic E-state index is 0.0779. The lowest BCUT2D eigenvalue weighted by atomic mass is 9.61. The number of nitrogens with two attached hydrogens (primary N) is 1. The third-order valence-electron chi connectivity index (χ3n) is 10.7. The van der Waals surface area contributed by atoms with Gasteiger partial charge in [0.2, 0.25) is 5.75 Å². The van der Waals surface area contributed by atoms with Crippen molar-refractivity contribution in [3.8, 4) is 28.7 Å². The van der Waals surface area contributed by atoms with E-state index in [9.17, 15) is 25.2 Å². The third kappa shape index (κ3) is 9.22. The highest BCUT2D eigenvalue weighted by Crippen LogP contribution is 2.48. The molecule has 0 bridgehead atoms. The second-order valence-corrected chi connectivity index (χ2v) is 14.1. The first-order valence-corrected chi connectivity index (χ1v) is 18.2. The second kappa shape index (κ2) is 17.4. The molecule has 51 heavy (non-hydrogen) atoms. The molecule has 2 aromatic carbocycles. The smallest absolute Gasteiger partial charge is 0.309 e. The van der Waals surface area contributed by atoms with Crippen molar-refractivity contribution in [3.05, 3.63) is 65.0 Å². The molecule has 0 radical (unpaired) electrons. The molecule has 0 aromatic heterocycles. The van der Waals surface area contributed by atoms with E-state index in [2.05, 4.69) is 16.7 Å². The van der Waals surface area contributed by atoms with Gasteiger partial charge in [0.1, 0.15) is 6.61 Å². The van der Waals surface area contributed by atoms with Crippen molar-refractivity contribution in [2.75, 3.05) is 33.9 Å². The number of hydrogen-bond acceptors (Lipinski definition) is 11. The summed E-state index contributed by atoms with van der Waals surface area (Å²) < 4.78 is 23.7. The minimum atomic E-state index is -0.948. The van der Waals surface area contributed by atoms with Gasteiger partial charge in [0.15, 0.2) is 23.0 Å². The molecule has 2 aromatic rings. The predicted molar refractivity (Wildman–Crippen MR) is 193 cm³/mol. The van der Waals surface area contributed by atoms with E-state index >= 15 is 0 Å². The van der Waals surface area contributed by atoms with Gasteiger partial charge in [-0.1, -0.05) is 38.3 Å². The number of carboxylic acids is 1. The molecule has 2 aliphatic heterocycles. The number of aliphatic carboxylic acids is 1. The second-order valence-electron chi connectivity index (χ2n) is 14.1. The number of hydrogen-bond donors (Lipinski definition) is 7. The Bertz CT molecular complexity index is 1550. The number of phenols is 2. The van der Waals surface area contributed by atoms with Gasteiger partial charge in [-0.25, -0.2) is 0 Å². The van der Waals surface area contributed by atoms with Crippen LogP contribution in [0, 0.1) is 11.3 Å². The van der Waals surface area contributed by atoms with Crippen molar-refractivity contribution in [1.29, 1.82) is 0 Å². The van der Waals surface area contributed by atoms with E-state index in [1.165, 1.54) is 14.2 Å². The summed E-state index contributed by atoms with van der Waals surface area (Å²) in [7, 11) is 2.98. The number of methoxy groups -OCH3 is 2. The number of aryl methyl sites for hydroxylation is 1. The Hall–Kier alpha value is -4.13. The van der Waals surface area contributed by atoms with Crippen molar-refractivity contribution < 1.29 is 44.2 Å². The monoisotopic (exact) mass is 709 g/mol. The zero-order valence-electron chi connectivity index (χ0n) is 30.0. The summed E-state index contributed by atoms with van der Waals surface area (Å²) in [5, 5.41) is 49.5. The molecule has 1 saturated heterocycles. The van der Waals surface area contributed by atoms with E-state index in [1.807, 2.05) is 19.1 Å². The quantitative estimate of drug-likeness (QED) is 0.123. The van der Waals surface area contributed by atoms with Crippen molar-refractivity contribution in [2.45, 2.75) is 95.5 Å². The summed E-state index contributed by atoms with van der Waals surface area (Å²) in [6, 6.07) is 8.32. The number of likely N-dealkylation sites (N-methyl/N-ethyl adjacent to an activating group) is 1. The van der Waals surface area contributed by atoms with E-state index < -0.39 is 23.6 Å². The first-order valence-electron chi connectivity index (χ1n) is 18.2. The number of ether oxygens (including phenoxy) is 4. The topological polar surface area (TPSA) is 185 Å². The maximum absolute atomic E-state index is 13.1. The van der Waals surface area contributed by atoms with Gasteiger partial charge in [0.25, 0.3) is 0 Å². The molecule has 8 N–H and O–H groups in total. The number of nitrogens with one attached hydrogen (secondary N) is 2. The highest BCUT2D eigenvalue weighted by molar-refractivity contribution is 5.75. The molecule has 3 aliphatic rings. The van der Waals surface area contributed by atoms with Gasteiger partial charge < -0.3 is 55.7 Å². The minimum Gasteiger partial charge on any atom is -0.504 e. The van der Waals surface area contributed by atoms with Gasteiger partial charge in [-0.3, -0.25) is 4.79 Å². The Morgan fingerprint density at radius 2 is 1.82 bits per heavy atom. The van der Waals surface area contributed by atoms with Gasteiger partial charge >= 0.3 is 5.97 Å². The van der Waals surface area contributed by atoms with Gasteiger partial charge in [-0.15, -0.1) is 0 Å². The molecule has 1 aliphatic carbocycles. The molecule has 12 heteroatoms. The number of rotatable bonds is 16. The molecule has 1 saturated carbocycles. The van der Waals surface area contributed by atoms with Gasteiger partial charge in [-0.2, -0.15) is 0 Å². The Morgan fingerprint density at radius 3 is 2.51 bits per heavy atom. The fourth-order valence-corrected chi connectivity index (χ4v) is 8.06. The molecule has 2 fully saturated rings. The van der Waals surface area contributed by atoms with Crippen LogP contribution in [0.2, 0.25) is 0 Å². The lowest BCUT2D eigenvalue weighted by molar-refractivity contribution is -0.157. The van der Waals surface area contributed by atoms with E-state index in [1.54, 1.807) is 24.3 Å². The molecule has 5 rings (SSSR count). The molecule has 280 valence electrons. The van der Waals surface area contributed by atoms with E-state index in [0.29, 0.717) is 75.2 Å². The fraction of sp³-hybridized carbons (Fsp3) is 0.564. The Morgan fingerprint density at radius 1 is 1.08 bits per heavy atom. The van der Waals surface area contributed by atoms with Crippen LogP contribution < -0.4 is 30.6 Å². The number of carbonyl (C=O) groups is 1. The largest absolute Gasteiger partial charge is 0.504 e. The Kier molecular flexibility index (Phi) is 13.0. The summed E-state index contributed by atoms with van der Waals surface area (Å²) in [4.78, 5) is 13.1. The average molecular weight is 710 g/mol. The van der Waals surface area contributed by atoms with Gasteiger partial charge in [-0.05, 0) is 98.0 Å². The fourth-order valence-electron chi connectivity index (χ4n) is 8.06. The van der Waals surface area contributed by atoms with Crippen LogP contribution in [0.15, 0.2) is 53.9 Å². The molecule has 5 atom stereocenters. The molecule has 0 unspecified atom stereocenters. The van der Waals surface area contributed by atoms with Crippen LogP contribution in [0.1, 0.15) is 81.9 Å². The third-order valence-corrected chi connectivity index (χ3v) is 10.7. The number of carboxylic acid groups (broad SMARTS) is 1. The summed E-state index contributed by atoms with van der Waals surface area (Å²) in [5.41, 5.74) is 7.83. The number of allylic oxidation sites excluding steroid dienone is 2. The molecular weight excluding hydrogens is 654 g/mol. The highest BCUT2D eigenvalue weighted by atomic mass is 16.5. The zero-order valence-corrected chi connectivity index (χ0v) is 30.0. The van der Waals surface area contributed by atoms with Crippen LogP contribution in [-0.4, -0.2) is 78.6 Å². The predicted octanol–water partition coefficient (Wildman–Crippen LogP) is 5.06. The molecule has 0 amide bonds. The number of aliphatic hydroxyl groups is 1. The molecule has 12 nitrogen and oxygen atoms in total. The zero-order chi connectivity index (χ0) is 36.5. The first kappa shape index (κ1) is 38.1. The average Bonchev–Trinajstić information content (AvgIpc) is 3.12. The van der Waals surface area contributed by atoms with E-state index in [-0.39, 0.29) is 47.7 Å². The summed E-state index contributed by atoms with van der Waals surface area (Å²) in [6.07, 6.45) is 9.14. The number of benzene rings is 2. The summed E-state index contributed by atoms with van der Waals surface area (Å²) in [5.74, 6) is 0.178. The molecular formula is C39H55N3O9. The lowest BCUT2D eigenvalue weighted by Gasteiger charge is -2.44.